The third kappa shape index (κ3) is 10.9. The maximum absolute atomic E-state index is 15.2. The van der Waals surface area contributed by atoms with Crippen molar-refractivity contribution in [2.45, 2.75) is 266 Å². The number of hydrogen-bond acceptors (Lipinski definition) is 26. The minimum atomic E-state index is -1.90. The summed E-state index contributed by atoms with van der Waals surface area (Å²) >= 11 is 0. The molecule has 35 unspecified atom stereocenters. The van der Waals surface area contributed by atoms with Crippen LogP contribution in [0.3, 0.4) is 0 Å². The van der Waals surface area contributed by atoms with E-state index in [0.29, 0.717) is 32.1 Å². The summed E-state index contributed by atoms with van der Waals surface area (Å²) < 4.78 is 58.9. The van der Waals surface area contributed by atoms with Gasteiger partial charge in [0, 0.05) is 5.41 Å². The Labute approximate surface area is 494 Å². The van der Waals surface area contributed by atoms with Crippen LogP contribution in [0.4, 0.5) is 0 Å². The number of fused-ring (bicyclic) bond motifs is 7. The van der Waals surface area contributed by atoms with E-state index in [4.69, 9.17) is 47.4 Å². The molecule has 5 aliphatic carbocycles. The van der Waals surface area contributed by atoms with Crippen LogP contribution in [-0.4, -0.2) is 263 Å². The zero-order chi connectivity index (χ0) is 61.9. The molecule has 10 fully saturated rings. The van der Waals surface area contributed by atoms with Crippen LogP contribution in [0.25, 0.3) is 0 Å². The first-order valence-corrected chi connectivity index (χ1v) is 30.7. The van der Waals surface area contributed by atoms with Crippen LogP contribution < -0.4 is 0 Å². The van der Waals surface area contributed by atoms with Gasteiger partial charge in [0.25, 0.3) is 0 Å². The Morgan fingerprint density at radius 1 is 0.541 bits per heavy atom. The molecule has 0 aromatic carbocycles. The predicted molar refractivity (Wildman–Crippen MR) is 288 cm³/mol. The monoisotopic (exact) mass is 1220 g/mol. The molecule has 0 bridgehead atoms. The summed E-state index contributed by atoms with van der Waals surface area (Å²) in [7, 11) is 0. The Balaban J connectivity index is 0.799. The van der Waals surface area contributed by atoms with Crippen molar-refractivity contribution in [2.75, 3.05) is 26.4 Å². The van der Waals surface area contributed by atoms with E-state index in [-0.39, 0.29) is 59.0 Å². The van der Waals surface area contributed by atoms with Crippen LogP contribution in [0.1, 0.15) is 113 Å². The first-order valence-electron chi connectivity index (χ1n) is 30.7. The van der Waals surface area contributed by atoms with Gasteiger partial charge in [0.15, 0.2) is 25.2 Å². The van der Waals surface area contributed by atoms with Crippen molar-refractivity contribution < 1.29 is 129 Å². The molecule has 0 spiro atoms. The van der Waals surface area contributed by atoms with E-state index in [1.54, 1.807) is 0 Å². The summed E-state index contributed by atoms with van der Waals surface area (Å²) in [5, 5.41) is 162. The maximum Gasteiger partial charge on any atom is 0.314 e. The molecular weight excluding hydrogens is 1120 g/mol. The number of allylic oxidation sites excluding steroid dienone is 1. The van der Waals surface area contributed by atoms with E-state index in [1.165, 1.54) is 13.8 Å². The molecule has 0 amide bonds. The standard InChI is InChI=1S/C59H96O26/c1-23(2)26-11-16-59(54(75)85-53-46(73)41(68)37(64)29(82-53)20-76-49-47(74)42(69)48(28(19-60)80-49)84-52-45(72)40(67)36(63)25(4)79-52)18-17-57(7)27(34(26)59)9-10-32-55(5)14-13-33(56(6,22-61)31(55)12-15-58(32,57)8)83-50-43(70)38(65)30(21-77-50)81-51-44(71)39(66)35(62)24(3)78-51/h24-53,60-74H,1,9-22H2,2-8H3. The topological polar surface area (TPSA) is 413 Å². The molecule has 0 radical (unpaired) electrons. The van der Waals surface area contributed by atoms with E-state index < -0.39 is 184 Å². The second-order valence-electron chi connectivity index (χ2n) is 28.0. The van der Waals surface area contributed by atoms with E-state index in [0.717, 1.165) is 37.7 Å². The van der Waals surface area contributed by atoms with Crippen molar-refractivity contribution in [3.05, 3.63) is 12.2 Å². The Kier molecular flexibility index (Phi) is 19.2. The van der Waals surface area contributed by atoms with Crippen molar-refractivity contribution >= 4 is 5.97 Å². The minimum absolute atomic E-state index is 0.0266. The van der Waals surface area contributed by atoms with E-state index in [1.807, 2.05) is 13.8 Å². The van der Waals surface area contributed by atoms with Crippen molar-refractivity contribution in [3.8, 4) is 0 Å². The van der Waals surface area contributed by atoms with Gasteiger partial charge in [-0.2, -0.15) is 0 Å². The molecule has 5 heterocycles. The van der Waals surface area contributed by atoms with E-state index in [2.05, 4.69) is 27.4 Å². The Morgan fingerprint density at radius 2 is 1.13 bits per heavy atom. The number of hydrogen-bond donors (Lipinski definition) is 15. The van der Waals surface area contributed by atoms with Gasteiger partial charge in [0.05, 0.1) is 50.2 Å². The third-order valence-electron chi connectivity index (χ3n) is 23.6. The van der Waals surface area contributed by atoms with Gasteiger partial charge in [-0.3, -0.25) is 4.79 Å². The molecule has 0 aromatic heterocycles. The molecule has 5 aliphatic heterocycles. The van der Waals surface area contributed by atoms with Gasteiger partial charge in [-0.1, -0.05) is 39.8 Å². The lowest BCUT2D eigenvalue weighted by molar-refractivity contribution is -0.361. The van der Waals surface area contributed by atoms with Crippen molar-refractivity contribution in [3.63, 3.8) is 0 Å². The molecule has 15 N–H and O–H groups in total. The lowest BCUT2D eigenvalue weighted by Crippen LogP contribution is -2.68. The molecule has 26 heteroatoms. The van der Waals surface area contributed by atoms with E-state index in [9.17, 15) is 76.6 Å². The Bertz CT molecular complexity index is 2340. The van der Waals surface area contributed by atoms with Gasteiger partial charge in [-0.05, 0) is 131 Å². The van der Waals surface area contributed by atoms with Crippen molar-refractivity contribution in [1.82, 2.24) is 0 Å². The molecule has 35 atom stereocenters. The normalized spacial score (nSPS) is 56.3. The van der Waals surface area contributed by atoms with Gasteiger partial charge >= 0.3 is 5.97 Å². The summed E-state index contributed by atoms with van der Waals surface area (Å²) in [5.41, 5.74) is -1.70. The van der Waals surface area contributed by atoms with Gasteiger partial charge in [0.2, 0.25) is 6.29 Å². The number of rotatable bonds is 14. The fourth-order valence-corrected chi connectivity index (χ4v) is 18.4. The lowest BCUT2D eigenvalue weighted by atomic mass is 9.32. The molecule has 10 rings (SSSR count). The van der Waals surface area contributed by atoms with Gasteiger partial charge in [-0.25, -0.2) is 0 Å². The minimum Gasteiger partial charge on any atom is -0.432 e. The zero-order valence-corrected chi connectivity index (χ0v) is 49.6. The highest BCUT2D eigenvalue weighted by molar-refractivity contribution is 5.78. The van der Waals surface area contributed by atoms with Gasteiger partial charge in [0.1, 0.15) is 104 Å². The second-order valence-corrected chi connectivity index (χ2v) is 28.0. The third-order valence-corrected chi connectivity index (χ3v) is 23.6. The fraction of sp³-hybridized carbons (Fsp3) is 0.949. The molecule has 5 saturated heterocycles. The second kappa shape index (κ2) is 24.7. The maximum atomic E-state index is 15.2. The van der Waals surface area contributed by atoms with Crippen LogP contribution >= 0.6 is 0 Å². The molecule has 0 aromatic rings. The first kappa shape index (κ1) is 66.2. The van der Waals surface area contributed by atoms with Crippen LogP contribution in [0.5, 0.6) is 0 Å². The number of aliphatic hydroxyl groups excluding tert-OH is 15. The van der Waals surface area contributed by atoms with Crippen LogP contribution in [-0.2, 0) is 52.2 Å². The number of carbonyl (C=O) groups excluding carboxylic acids is 1. The summed E-state index contributed by atoms with van der Waals surface area (Å²) in [6.45, 7) is 16.6. The SMILES string of the molecule is C=C(C)C1CCC2(C(=O)OC3OC(COC4OC(CO)C(OC5OC(C)C(O)C(O)C5O)C(O)C4O)C(O)C(O)C3O)CCC3(C)C(CCC4C5(C)CCC(OC6OCC(OC7OC(C)C(O)C(O)C7O)C(O)C6O)C(C)(CO)C5CCC43C)C12. The van der Waals surface area contributed by atoms with Gasteiger partial charge < -0.3 is 124 Å². The van der Waals surface area contributed by atoms with Crippen LogP contribution in [0.2, 0.25) is 0 Å². The summed E-state index contributed by atoms with van der Waals surface area (Å²) in [6, 6.07) is 0. The average Bonchev–Trinajstić information content (AvgIpc) is 1.59. The smallest absolute Gasteiger partial charge is 0.314 e. The highest BCUT2D eigenvalue weighted by atomic mass is 16.8. The fourth-order valence-electron chi connectivity index (χ4n) is 18.4. The highest BCUT2D eigenvalue weighted by Gasteiger charge is 2.73. The Hall–Kier alpha value is -1.75. The van der Waals surface area contributed by atoms with Crippen molar-refractivity contribution in [1.29, 1.82) is 0 Å². The number of ether oxygens (including phenoxy) is 10. The molecule has 5 saturated carbocycles. The van der Waals surface area contributed by atoms with E-state index >= 15 is 4.79 Å². The van der Waals surface area contributed by atoms with Crippen molar-refractivity contribution in [2.24, 2.45) is 56.7 Å². The lowest BCUT2D eigenvalue weighted by Gasteiger charge is -2.73. The summed E-state index contributed by atoms with van der Waals surface area (Å²) in [5.74, 6) is -0.689. The summed E-state index contributed by atoms with van der Waals surface area (Å²) in [6.07, 6.45) is -31.1. The molecule has 26 nitrogen and oxygen atoms in total. The first-order chi connectivity index (χ1) is 39.9. The highest BCUT2D eigenvalue weighted by Crippen LogP contribution is 2.78. The quantitative estimate of drug-likeness (QED) is 0.0478. The largest absolute Gasteiger partial charge is 0.432 e. The average molecular weight is 1220 g/mol. The molecule has 85 heavy (non-hydrogen) atoms. The summed E-state index contributed by atoms with van der Waals surface area (Å²) in [4.78, 5) is 15.2. The molecular formula is C59H96O26. The number of esters is 1. The van der Waals surface area contributed by atoms with Crippen LogP contribution in [0, 0.1) is 56.7 Å². The molecule has 488 valence electrons. The Morgan fingerprint density at radius 3 is 1.75 bits per heavy atom. The number of carbonyl (C=O) groups is 1. The predicted octanol–water partition coefficient (Wildman–Crippen LogP) is -2.69. The van der Waals surface area contributed by atoms with Crippen LogP contribution in [0.15, 0.2) is 12.2 Å². The number of aliphatic hydroxyl groups is 15. The molecule has 10 aliphatic rings. The zero-order valence-electron chi connectivity index (χ0n) is 49.6. The van der Waals surface area contributed by atoms with Gasteiger partial charge in [-0.15, -0.1) is 0 Å².